The maximum absolute atomic E-state index is 11.4. The molecule has 0 unspecified atom stereocenters. The molecule has 0 aliphatic heterocycles. The van der Waals surface area contributed by atoms with Crippen LogP contribution in [0.15, 0.2) is 65.6 Å². The van der Waals surface area contributed by atoms with E-state index in [1.54, 1.807) is 12.1 Å². The Morgan fingerprint density at radius 1 is 1.03 bits per heavy atom. The van der Waals surface area contributed by atoms with Crippen LogP contribution in [0.2, 0.25) is 5.02 Å². The van der Waals surface area contributed by atoms with Crippen molar-refractivity contribution in [3.63, 3.8) is 0 Å². The molecule has 0 atom stereocenters. The van der Waals surface area contributed by atoms with E-state index in [1.807, 2.05) is 42.5 Å². The Labute approximate surface area is 187 Å². The van der Waals surface area contributed by atoms with Gasteiger partial charge in [-0.05, 0) is 35.4 Å². The van der Waals surface area contributed by atoms with Gasteiger partial charge in [-0.3, -0.25) is 4.79 Å². The van der Waals surface area contributed by atoms with E-state index in [2.05, 4.69) is 16.0 Å². The Kier molecular flexibility index (Phi) is 6.08. The average Bonchev–Trinajstić information content (AvgIpc) is 2.78. The normalized spacial score (nSPS) is 10.6. The first-order valence-corrected chi connectivity index (χ1v) is 10.2. The van der Waals surface area contributed by atoms with Crippen LogP contribution in [0, 0.1) is 11.3 Å². The standard InChI is InChI=1S/C23H15Cl2N3O3/c24-7-8-30-23-16(12-26)9-18(11-19(23)25)31-17-4-1-14(2-5-17)15-3-6-20-21(10-15)27-13-22(29)28-20/h1-6,9-11,13H,7-8H2,(H,28,29). The van der Waals surface area contributed by atoms with Gasteiger partial charge in [-0.15, -0.1) is 11.6 Å². The van der Waals surface area contributed by atoms with E-state index in [4.69, 9.17) is 32.7 Å². The molecule has 1 N–H and O–H groups in total. The zero-order valence-corrected chi connectivity index (χ0v) is 17.6. The van der Waals surface area contributed by atoms with Crippen molar-refractivity contribution < 1.29 is 9.47 Å². The molecule has 0 radical (unpaired) electrons. The molecule has 31 heavy (non-hydrogen) atoms. The number of hydrogen-bond donors (Lipinski definition) is 1. The van der Waals surface area contributed by atoms with Crippen LogP contribution >= 0.6 is 23.2 Å². The number of rotatable bonds is 6. The van der Waals surface area contributed by atoms with Gasteiger partial charge in [0.25, 0.3) is 5.56 Å². The summed E-state index contributed by atoms with van der Waals surface area (Å²) in [6.45, 7) is 0.248. The summed E-state index contributed by atoms with van der Waals surface area (Å²) in [5, 5.41) is 9.66. The van der Waals surface area contributed by atoms with Gasteiger partial charge >= 0.3 is 0 Å². The molecule has 1 heterocycles. The zero-order chi connectivity index (χ0) is 21.8. The molecule has 154 valence electrons. The number of benzene rings is 3. The van der Waals surface area contributed by atoms with Crippen LogP contribution in [-0.4, -0.2) is 22.5 Å². The molecule has 0 bridgehead atoms. The van der Waals surface area contributed by atoms with Gasteiger partial charge in [-0.25, -0.2) is 4.98 Å². The van der Waals surface area contributed by atoms with E-state index in [0.717, 1.165) is 11.1 Å². The summed E-state index contributed by atoms with van der Waals surface area (Å²) in [7, 11) is 0. The van der Waals surface area contributed by atoms with Gasteiger partial charge in [0.2, 0.25) is 0 Å². The van der Waals surface area contributed by atoms with Crippen LogP contribution in [0.5, 0.6) is 17.2 Å². The van der Waals surface area contributed by atoms with Gasteiger partial charge in [-0.1, -0.05) is 29.8 Å². The number of fused-ring (bicyclic) bond motifs is 1. The number of nitrogens with one attached hydrogen (secondary N) is 1. The molecule has 0 saturated carbocycles. The highest BCUT2D eigenvalue weighted by molar-refractivity contribution is 6.32. The lowest BCUT2D eigenvalue weighted by atomic mass is 10.0. The Morgan fingerprint density at radius 2 is 1.81 bits per heavy atom. The number of nitrogens with zero attached hydrogens (tertiary/aromatic N) is 2. The first-order chi connectivity index (χ1) is 15.1. The SMILES string of the molecule is N#Cc1cc(Oc2ccc(-c3ccc4[nH]c(=O)cnc4c3)cc2)cc(Cl)c1OCCCl. The molecule has 3 aromatic carbocycles. The maximum atomic E-state index is 11.4. The molecule has 4 aromatic rings. The third-order valence-corrected chi connectivity index (χ3v) is 4.90. The fourth-order valence-corrected chi connectivity index (χ4v) is 3.41. The molecule has 0 aliphatic rings. The topological polar surface area (TPSA) is 88.0 Å². The van der Waals surface area contributed by atoms with Gasteiger partial charge in [0.05, 0.1) is 33.7 Å². The number of ether oxygens (including phenoxy) is 2. The molecule has 0 spiro atoms. The van der Waals surface area contributed by atoms with Gasteiger partial charge < -0.3 is 14.5 Å². The minimum absolute atomic E-state index is 0.236. The van der Waals surface area contributed by atoms with E-state index in [9.17, 15) is 10.1 Å². The molecule has 0 amide bonds. The van der Waals surface area contributed by atoms with Crippen LogP contribution in [-0.2, 0) is 0 Å². The lowest BCUT2D eigenvalue weighted by molar-refractivity contribution is 0.341. The van der Waals surface area contributed by atoms with Gasteiger partial charge in [0, 0.05) is 12.1 Å². The highest BCUT2D eigenvalue weighted by Crippen LogP contribution is 2.35. The van der Waals surface area contributed by atoms with Crippen LogP contribution in [0.3, 0.4) is 0 Å². The van der Waals surface area contributed by atoms with E-state index in [1.165, 1.54) is 6.20 Å². The highest BCUT2D eigenvalue weighted by Gasteiger charge is 2.13. The largest absolute Gasteiger partial charge is 0.489 e. The van der Waals surface area contributed by atoms with Crippen molar-refractivity contribution in [2.24, 2.45) is 0 Å². The van der Waals surface area contributed by atoms with Gasteiger partial charge in [0.15, 0.2) is 5.75 Å². The second kappa shape index (κ2) is 9.09. The van der Waals surface area contributed by atoms with Crippen LogP contribution in [0.1, 0.15) is 5.56 Å². The van der Waals surface area contributed by atoms with Crippen molar-refractivity contribution in [1.82, 2.24) is 9.97 Å². The van der Waals surface area contributed by atoms with Gasteiger partial charge in [-0.2, -0.15) is 5.26 Å². The van der Waals surface area contributed by atoms with E-state index >= 15 is 0 Å². The average molecular weight is 452 g/mol. The minimum atomic E-state index is -0.236. The first kappa shape index (κ1) is 20.7. The number of halogens is 2. The third-order valence-electron chi connectivity index (χ3n) is 4.46. The number of nitriles is 1. The van der Waals surface area contributed by atoms with Crippen molar-refractivity contribution in [1.29, 1.82) is 5.26 Å². The number of alkyl halides is 1. The lowest BCUT2D eigenvalue weighted by Gasteiger charge is -2.12. The number of hydrogen-bond acceptors (Lipinski definition) is 5. The summed E-state index contributed by atoms with van der Waals surface area (Å²) < 4.78 is 11.3. The molecule has 0 saturated heterocycles. The van der Waals surface area contributed by atoms with E-state index in [0.29, 0.717) is 28.3 Å². The number of aromatic nitrogens is 2. The third kappa shape index (κ3) is 4.64. The predicted octanol–water partition coefficient (Wildman–Crippen LogP) is 5.53. The van der Waals surface area contributed by atoms with E-state index in [-0.39, 0.29) is 28.6 Å². The summed E-state index contributed by atoms with van der Waals surface area (Å²) in [5.41, 5.74) is 3.33. The summed E-state index contributed by atoms with van der Waals surface area (Å²) >= 11 is 11.9. The summed E-state index contributed by atoms with van der Waals surface area (Å²) in [5.74, 6) is 1.59. The smallest absolute Gasteiger partial charge is 0.266 e. The zero-order valence-electron chi connectivity index (χ0n) is 16.1. The fourth-order valence-electron chi connectivity index (χ4n) is 3.07. The van der Waals surface area contributed by atoms with E-state index < -0.39 is 0 Å². The lowest BCUT2D eigenvalue weighted by Crippen LogP contribution is -2.04. The second-order valence-corrected chi connectivity index (χ2v) is 7.32. The summed E-state index contributed by atoms with van der Waals surface area (Å²) in [6, 6.07) is 18.3. The summed E-state index contributed by atoms with van der Waals surface area (Å²) in [6.07, 6.45) is 1.26. The van der Waals surface area contributed by atoms with Crippen molar-refractivity contribution in [3.8, 4) is 34.4 Å². The highest BCUT2D eigenvalue weighted by atomic mass is 35.5. The molecular weight excluding hydrogens is 437 g/mol. The van der Waals surface area contributed by atoms with Crippen molar-refractivity contribution in [2.45, 2.75) is 0 Å². The first-order valence-electron chi connectivity index (χ1n) is 9.27. The molecule has 8 heteroatoms. The molecule has 1 aromatic heterocycles. The molecule has 6 nitrogen and oxygen atoms in total. The fraction of sp³-hybridized carbons (Fsp3) is 0.0870. The Bertz CT molecular complexity index is 1350. The second-order valence-electron chi connectivity index (χ2n) is 6.54. The van der Waals surface area contributed by atoms with Crippen LogP contribution < -0.4 is 15.0 Å². The Balaban J connectivity index is 1.56. The Hall–Kier alpha value is -3.53. The molecule has 0 aliphatic carbocycles. The van der Waals surface area contributed by atoms with Crippen molar-refractivity contribution in [3.05, 3.63) is 81.7 Å². The van der Waals surface area contributed by atoms with Crippen LogP contribution in [0.4, 0.5) is 0 Å². The predicted molar refractivity (Wildman–Crippen MR) is 120 cm³/mol. The number of aromatic amines is 1. The Morgan fingerprint density at radius 3 is 2.55 bits per heavy atom. The summed E-state index contributed by atoms with van der Waals surface area (Å²) in [4.78, 5) is 18.3. The molecular formula is C23H15Cl2N3O3. The van der Waals surface area contributed by atoms with Crippen molar-refractivity contribution >= 4 is 34.2 Å². The maximum Gasteiger partial charge on any atom is 0.266 e. The monoisotopic (exact) mass is 451 g/mol. The minimum Gasteiger partial charge on any atom is -0.489 e. The van der Waals surface area contributed by atoms with Crippen LogP contribution in [0.25, 0.3) is 22.2 Å². The van der Waals surface area contributed by atoms with Crippen molar-refractivity contribution in [2.75, 3.05) is 12.5 Å². The van der Waals surface area contributed by atoms with Gasteiger partial charge in [0.1, 0.15) is 24.2 Å². The molecule has 4 rings (SSSR count). The number of H-pyrrole nitrogens is 1. The molecule has 0 fully saturated rings. The quantitative estimate of drug-likeness (QED) is 0.389.